The van der Waals surface area contributed by atoms with Gasteiger partial charge in [-0.05, 0) is 24.1 Å². The third-order valence-corrected chi connectivity index (χ3v) is 3.04. The van der Waals surface area contributed by atoms with Crippen molar-refractivity contribution in [3.8, 4) is 11.5 Å². The van der Waals surface area contributed by atoms with Crippen molar-refractivity contribution in [1.82, 2.24) is 0 Å². The molecule has 0 saturated heterocycles. The van der Waals surface area contributed by atoms with E-state index in [4.69, 9.17) is 9.47 Å². The Balaban J connectivity index is 2.60. The highest BCUT2D eigenvalue weighted by atomic mass is 79.9. The largest absolute Gasteiger partial charge is 0.493 e. The molecule has 1 aromatic carbocycles. The van der Waals surface area contributed by atoms with Crippen LogP contribution in [0.15, 0.2) is 18.2 Å². The lowest BCUT2D eigenvalue weighted by Crippen LogP contribution is -1.99. The first-order chi connectivity index (χ1) is 7.81. The molecule has 0 fully saturated rings. The third-order valence-electron chi connectivity index (χ3n) is 2.39. The molecule has 0 aliphatic rings. The van der Waals surface area contributed by atoms with Gasteiger partial charge >= 0.3 is 0 Å². The zero-order valence-corrected chi connectivity index (χ0v) is 11.5. The van der Waals surface area contributed by atoms with Crippen LogP contribution in [0.2, 0.25) is 0 Å². The summed E-state index contributed by atoms with van der Waals surface area (Å²) in [7, 11) is 1.67. The van der Waals surface area contributed by atoms with Crippen LogP contribution in [-0.4, -0.2) is 13.7 Å². The Bertz CT molecular complexity index is 313. The molecule has 16 heavy (non-hydrogen) atoms. The van der Waals surface area contributed by atoms with E-state index in [1.54, 1.807) is 7.11 Å². The minimum absolute atomic E-state index is 0.760. The summed E-state index contributed by atoms with van der Waals surface area (Å²) < 4.78 is 11.0. The molecule has 1 rings (SSSR count). The van der Waals surface area contributed by atoms with E-state index in [0.717, 1.165) is 29.9 Å². The molecule has 0 atom stereocenters. The predicted molar refractivity (Wildman–Crippen MR) is 70.6 cm³/mol. The van der Waals surface area contributed by atoms with E-state index in [-0.39, 0.29) is 0 Å². The van der Waals surface area contributed by atoms with E-state index in [9.17, 15) is 0 Å². The van der Waals surface area contributed by atoms with Crippen molar-refractivity contribution in [3.63, 3.8) is 0 Å². The third kappa shape index (κ3) is 4.05. The van der Waals surface area contributed by atoms with Crippen LogP contribution in [-0.2, 0) is 5.33 Å². The van der Waals surface area contributed by atoms with Gasteiger partial charge in [0, 0.05) is 5.33 Å². The highest BCUT2D eigenvalue weighted by Gasteiger charge is 2.04. The van der Waals surface area contributed by atoms with Gasteiger partial charge in [-0.1, -0.05) is 41.8 Å². The van der Waals surface area contributed by atoms with Gasteiger partial charge in [-0.3, -0.25) is 0 Å². The first kappa shape index (κ1) is 13.4. The number of alkyl halides is 1. The van der Waals surface area contributed by atoms with Crippen molar-refractivity contribution in [2.45, 2.75) is 31.5 Å². The second-order valence-electron chi connectivity index (χ2n) is 3.67. The molecule has 0 bridgehead atoms. The SMILES string of the molecule is CCCCCOc1cc(CBr)ccc1OC. The van der Waals surface area contributed by atoms with Gasteiger partial charge in [-0.25, -0.2) is 0 Å². The molecule has 0 radical (unpaired) electrons. The number of halogens is 1. The monoisotopic (exact) mass is 286 g/mol. The molecule has 2 nitrogen and oxygen atoms in total. The second kappa shape index (κ2) is 7.55. The van der Waals surface area contributed by atoms with Gasteiger partial charge in [-0.15, -0.1) is 0 Å². The van der Waals surface area contributed by atoms with Crippen LogP contribution in [0.4, 0.5) is 0 Å². The fourth-order valence-electron chi connectivity index (χ4n) is 1.45. The first-order valence-corrected chi connectivity index (χ1v) is 6.79. The fourth-order valence-corrected chi connectivity index (χ4v) is 1.80. The molecule has 0 amide bonds. The van der Waals surface area contributed by atoms with Crippen LogP contribution in [0, 0.1) is 0 Å². The normalized spacial score (nSPS) is 10.2. The van der Waals surface area contributed by atoms with E-state index in [1.807, 2.05) is 18.2 Å². The smallest absolute Gasteiger partial charge is 0.161 e. The lowest BCUT2D eigenvalue weighted by molar-refractivity contribution is 0.286. The number of unbranched alkanes of at least 4 members (excludes halogenated alkanes) is 2. The number of methoxy groups -OCH3 is 1. The molecule has 0 saturated carbocycles. The van der Waals surface area contributed by atoms with Gasteiger partial charge in [0.1, 0.15) is 0 Å². The molecule has 1 aromatic rings. The summed E-state index contributed by atoms with van der Waals surface area (Å²) >= 11 is 3.43. The summed E-state index contributed by atoms with van der Waals surface area (Å²) in [5, 5.41) is 0.836. The Kier molecular flexibility index (Phi) is 6.31. The van der Waals surface area contributed by atoms with Crippen LogP contribution < -0.4 is 9.47 Å². The highest BCUT2D eigenvalue weighted by Crippen LogP contribution is 2.29. The molecule has 3 heteroatoms. The maximum absolute atomic E-state index is 5.73. The Morgan fingerprint density at radius 3 is 2.62 bits per heavy atom. The lowest BCUT2D eigenvalue weighted by atomic mass is 10.2. The quantitative estimate of drug-likeness (QED) is 0.554. The maximum atomic E-state index is 5.73. The van der Waals surface area contributed by atoms with Crippen molar-refractivity contribution in [3.05, 3.63) is 23.8 Å². The van der Waals surface area contributed by atoms with E-state index in [0.29, 0.717) is 0 Å². The fraction of sp³-hybridized carbons (Fsp3) is 0.538. The van der Waals surface area contributed by atoms with Gasteiger partial charge in [0.25, 0.3) is 0 Å². The average molecular weight is 287 g/mol. The van der Waals surface area contributed by atoms with Crippen molar-refractivity contribution in [2.24, 2.45) is 0 Å². The highest BCUT2D eigenvalue weighted by molar-refractivity contribution is 9.08. The van der Waals surface area contributed by atoms with E-state index >= 15 is 0 Å². The molecular formula is C13H19BrO2. The van der Waals surface area contributed by atoms with Crippen molar-refractivity contribution < 1.29 is 9.47 Å². The van der Waals surface area contributed by atoms with Crippen LogP contribution in [0.25, 0.3) is 0 Å². The van der Waals surface area contributed by atoms with Crippen molar-refractivity contribution in [2.75, 3.05) is 13.7 Å². The first-order valence-electron chi connectivity index (χ1n) is 5.67. The molecular weight excluding hydrogens is 268 g/mol. The van der Waals surface area contributed by atoms with Gasteiger partial charge in [-0.2, -0.15) is 0 Å². The number of ether oxygens (including phenoxy) is 2. The molecule has 0 heterocycles. The lowest BCUT2D eigenvalue weighted by Gasteiger charge is -2.11. The van der Waals surface area contributed by atoms with Crippen molar-refractivity contribution >= 4 is 15.9 Å². The molecule has 0 spiro atoms. The Labute approximate surface area is 106 Å². The summed E-state index contributed by atoms with van der Waals surface area (Å²) in [6, 6.07) is 6.01. The Morgan fingerprint density at radius 1 is 1.19 bits per heavy atom. The molecule has 0 unspecified atom stereocenters. The van der Waals surface area contributed by atoms with Gasteiger partial charge < -0.3 is 9.47 Å². The number of hydrogen-bond acceptors (Lipinski definition) is 2. The zero-order valence-electron chi connectivity index (χ0n) is 9.96. The van der Waals surface area contributed by atoms with Crippen LogP contribution in [0.3, 0.4) is 0 Å². The van der Waals surface area contributed by atoms with Crippen LogP contribution >= 0.6 is 15.9 Å². The number of benzene rings is 1. The summed E-state index contributed by atoms with van der Waals surface area (Å²) in [6.45, 7) is 2.95. The number of hydrogen-bond donors (Lipinski definition) is 0. The molecule has 0 aromatic heterocycles. The maximum Gasteiger partial charge on any atom is 0.161 e. The Hall–Kier alpha value is -0.700. The minimum Gasteiger partial charge on any atom is -0.493 e. The minimum atomic E-state index is 0.760. The van der Waals surface area contributed by atoms with Gasteiger partial charge in [0.15, 0.2) is 11.5 Å². The topological polar surface area (TPSA) is 18.5 Å². The zero-order chi connectivity index (χ0) is 11.8. The van der Waals surface area contributed by atoms with Gasteiger partial charge in [0.2, 0.25) is 0 Å². The molecule has 0 N–H and O–H groups in total. The van der Waals surface area contributed by atoms with Gasteiger partial charge in [0.05, 0.1) is 13.7 Å². The standard InChI is InChI=1S/C13H19BrO2/c1-3-4-5-8-16-13-9-11(10-14)6-7-12(13)15-2/h6-7,9H,3-5,8,10H2,1-2H3. The predicted octanol–water partition coefficient (Wildman–Crippen LogP) is 4.16. The van der Waals surface area contributed by atoms with E-state index < -0.39 is 0 Å². The molecule has 90 valence electrons. The van der Waals surface area contributed by atoms with Crippen LogP contribution in [0.5, 0.6) is 11.5 Å². The molecule has 0 aliphatic carbocycles. The summed E-state index contributed by atoms with van der Waals surface area (Å²) in [5.74, 6) is 1.65. The van der Waals surface area contributed by atoms with E-state index in [1.165, 1.54) is 18.4 Å². The summed E-state index contributed by atoms with van der Waals surface area (Å²) in [5.41, 5.74) is 1.20. The summed E-state index contributed by atoms with van der Waals surface area (Å²) in [4.78, 5) is 0. The Morgan fingerprint density at radius 2 is 2.00 bits per heavy atom. The number of rotatable bonds is 7. The van der Waals surface area contributed by atoms with E-state index in [2.05, 4.69) is 22.9 Å². The summed E-state index contributed by atoms with van der Waals surface area (Å²) in [6.07, 6.45) is 3.51. The average Bonchev–Trinajstić information content (AvgIpc) is 2.34. The van der Waals surface area contributed by atoms with Crippen LogP contribution in [0.1, 0.15) is 31.7 Å². The second-order valence-corrected chi connectivity index (χ2v) is 4.24. The molecule has 0 aliphatic heterocycles. The van der Waals surface area contributed by atoms with Crippen molar-refractivity contribution in [1.29, 1.82) is 0 Å².